The average Bonchev–Trinajstić information content (AvgIpc) is 3.13. The van der Waals surface area contributed by atoms with Gasteiger partial charge in [-0.2, -0.15) is 0 Å². The molecule has 1 aromatic heterocycles. The summed E-state index contributed by atoms with van der Waals surface area (Å²) in [5.74, 6) is -0.607. The maximum Gasteiger partial charge on any atom is 0.293 e. The minimum atomic E-state index is -0.546. The number of rotatable bonds is 7. The number of nitro benzene ring substituents is 1. The standard InChI is InChI=1S/C20H19FN4O4/c1-23-9-8-22-20(23)19(26)14-5-6-16(17(11-14)25(27)28)24(2)12-13-4-7-18(29-3)15(21)10-13/h4-11H,12H2,1-3H3. The zero-order chi connectivity index (χ0) is 21.1. The third-order valence-corrected chi connectivity index (χ3v) is 4.51. The highest BCUT2D eigenvalue weighted by molar-refractivity contribution is 6.07. The number of hydrogen-bond donors (Lipinski definition) is 0. The summed E-state index contributed by atoms with van der Waals surface area (Å²) in [5.41, 5.74) is 0.871. The number of hydrogen-bond acceptors (Lipinski definition) is 6. The van der Waals surface area contributed by atoms with Crippen LogP contribution >= 0.6 is 0 Å². The van der Waals surface area contributed by atoms with Crippen LogP contribution in [0.4, 0.5) is 15.8 Å². The first-order valence-electron chi connectivity index (χ1n) is 8.66. The predicted octanol–water partition coefficient (Wildman–Crippen LogP) is 3.34. The van der Waals surface area contributed by atoms with Crippen molar-refractivity contribution in [2.24, 2.45) is 7.05 Å². The van der Waals surface area contributed by atoms with E-state index in [2.05, 4.69) is 4.98 Å². The van der Waals surface area contributed by atoms with Crippen molar-refractivity contribution in [3.05, 3.63) is 81.7 Å². The molecule has 0 fully saturated rings. The molecule has 0 radical (unpaired) electrons. The van der Waals surface area contributed by atoms with Crippen LogP contribution in [0.2, 0.25) is 0 Å². The van der Waals surface area contributed by atoms with Crippen LogP contribution in [0.15, 0.2) is 48.8 Å². The summed E-state index contributed by atoms with van der Waals surface area (Å²) in [6.07, 6.45) is 3.11. The SMILES string of the molecule is COc1ccc(CN(C)c2ccc(C(=O)c3nccn3C)cc2[N+](=O)[O-])cc1F. The lowest BCUT2D eigenvalue weighted by Gasteiger charge is -2.20. The van der Waals surface area contributed by atoms with Gasteiger partial charge in [-0.05, 0) is 29.8 Å². The lowest BCUT2D eigenvalue weighted by atomic mass is 10.1. The van der Waals surface area contributed by atoms with Crippen molar-refractivity contribution in [3.63, 3.8) is 0 Å². The molecule has 0 amide bonds. The smallest absolute Gasteiger partial charge is 0.293 e. The Morgan fingerprint density at radius 1 is 1.31 bits per heavy atom. The Morgan fingerprint density at radius 2 is 2.07 bits per heavy atom. The number of methoxy groups -OCH3 is 1. The van der Waals surface area contributed by atoms with Gasteiger partial charge in [0.15, 0.2) is 17.4 Å². The molecular weight excluding hydrogens is 379 g/mol. The summed E-state index contributed by atoms with van der Waals surface area (Å²) >= 11 is 0. The number of ketones is 1. The number of carbonyl (C=O) groups is 1. The fraction of sp³-hybridized carbons (Fsp3) is 0.200. The normalized spacial score (nSPS) is 10.6. The third kappa shape index (κ3) is 4.08. The first-order chi connectivity index (χ1) is 13.8. The predicted molar refractivity (Wildman–Crippen MR) is 105 cm³/mol. The van der Waals surface area contributed by atoms with E-state index in [4.69, 9.17) is 4.74 Å². The first kappa shape index (κ1) is 20.0. The zero-order valence-electron chi connectivity index (χ0n) is 16.1. The van der Waals surface area contributed by atoms with E-state index in [1.54, 1.807) is 35.8 Å². The summed E-state index contributed by atoms with van der Waals surface area (Å²) < 4.78 is 20.4. The van der Waals surface area contributed by atoms with E-state index in [1.807, 2.05) is 0 Å². The molecule has 0 aliphatic carbocycles. The zero-order valence-corrected chi connectivity index (χ0v) is 16.1. The molecule has 0 unspecified atom stereocenters. The van der Waals surface area contributed by atoms with Crippen LogP contribution in [-0.4, -0.2) is 34.4 Å². The van der Waals surface area contributed by atoms with E-state index in [0.29, 0.717) is 11.3 Å². The summed E-state index contributed by atoms with van der Waals surface area (Å²) in [6, 6.07) is 8.76. The Bertz CT molecular complexity index is 1080. The van der Waals surface area contributed by atoms with Gasteiger partial charge in [-0.25, -0.2) is 9.37 Å². The number of nitrogens with zero attached hydrogens (tertiary/aromatic N) is 4. The molecule has 0 atom stereocenters. The van der Waals surface area contributed by atoms with Crippen molar-refractivity contribution in [2.75, 3.05) is 19.1 Å². The number of ether oxygens (including phenoxy) is 1. The molecule has 9 heteroatoms. The Kier molecular flexibility index (Phi) is 5.58. The van der Waals surface area contributed by atoms with Gasteiger partial charge < -0.3 is 14.2 Å². The van der Waals surface area contributed by atoms with E-state index in [9.17, 15) is 19.3 Å². The largest absolute Gasteiger partial charge is 0.494 e. The Labute approximate surface area is 166 Å². The second kappa shape index (κ2) is 8.09. The fourth-order valence-corrected chi connectivity index (χ4v) is 3.01. The maximum absolute atomic E-state index is 13.9. The molecule has 0 aliphatic rings. The maximum atomic E-state index is 13.9. The Morgan fingerprint density at radius 3 is 2.66 bits per heavy atom. The van der Waals surface area contributed by atoms with Crippen LogP contribution in [0.25, 0.3) is 0 Å². The number of benzene rings is 2. The summed E-state index contributed by atoms with van der Waals surface area (Å²) in [4.78, 5) is 29.3. The van der Waals surface area contributed by atoms with Crippen molar-refractivity contribution < 1.29 is 18.8 Å². The lowest BCUT2D eigenvalue weighted by molar-refractivity contribution is -0.384. The average molecular weight is 398 g/mol. The molecule has 150 valence electrons. The second-order valence-corrected chi connectivity index (χ2v) is 6.48. The summed E-state index contributed by atoms with van der Waals surface area (Å²) in [7, 11) is 4.71. The van der Waals surface area contributed by atoms with Gasteiger partial charge in [-0.1, -0.05) is 6.07 Å². The van der Waals surface area contributed by atoms with Crippen LogP contribution in [0.5, 0.6) is 5.75 Å². The molecule has 0 N–H and O–H groups in total. The molecule has 0 saturated heterocycles. The second-order valence-electron chi connectivity index (χ2n) is 6.48. The van der Waals surface area contributed by atoms with Crippen molar-refractivity contribution in [2.45, 2.75) is 6.54 Å². The number of anilines is 1. The van der Waals surface area contributed by atoms with Gasteiger partial charge in [0.25, 0.3) is 5.69 Å². The van der Waals surface area contributed by atoms with Crippen molar-refractivity contribution >= 4 is 17.2 Å². The molecule has 3 rings (SSSR count). The highest BCUT2D eigenvalue weighted by Crippen LogP contribution is 2.30. The van der Waals surface area contributed by atoms with Gasteiger partial charge in [0, 0.05) is 44.7 Å². The van der Waals surface area contributed by atoms with Crippen molar-refractivity contribution in [1.29, 1.82) is 0 Å². The number of imidazole rings is 1. The van der Waals surface area contributed by atoms with E-state index >= 15 is 0 Å². The minimum Gasteiger partial charge on any atom is -0.494 e. The van der Waals surface area contributed by atoms with E-state index < -0.39 is 16.5 Å². The van der Waals surface area contributed by atoms with Gasteiger partial charge >= 0.3 is 0 Å². The van der Waals surface area contributed by atoms with Crippen LogP contribution in [0, 0.1) is 15.9 Å². The molecule has 29 heavy (non-hydrogen) atoms. The highest BCUT2D eigenvalue weighted by atomic mass is 19.1. The number of halogens is 1. The summed E-state index contributed by atoms with van der Waals surface area (Å²) in [6.45, 7) is 0.231. The highest BCUT2D eigenvalue weighted by Gasteiger charge is 2.22. The first-order valence-corrected chi connectivity index (χ1v) is 8.66. The molecular formula is C20H19FN4O4. The van der Waals surface area contributed by atoms with Gasteiger partial charge in [-0.3, -0.25) is 14.9 Å². The van der Waals surface area contributed by atoms with Crippen LogP contribution in [0.3, 0.4) is 0 Å². The van der Waals surface area contributed by atoms with Gasteiger partial charge in [0.05, 0.1) is 12.0 Å². The molecule has 0 aliphatic heterocycles. The molecule has 3 aromatic rings. The number of carbonyl (C=O) groups excluding carboxylic acids is 1. The van der Waals surface area contributed by atoms with Gasteiger partial charge in [-0.15, -0.1) is 0 Å². The molecule has 0 spiro atoms. The van der Waals surface area contributed by atoms with Crippen LogP contribution in [-0.2, 0) is 13.6 Å². The number of aromatic nitrogens is 2. The van der Waals surface area contributed by atoms with E-state index in [0.717, 1.165) is 0 Å². The van der Waals surface area contributed by atoms with Crippen LogP contribution in [0.1, 0.15) is 21.7 Å². The monoisotopic (exact) mass is 398 g/mol. The molecule has 8 nitrogen and oxygen atoms in total. The Hall–Kier alpha value is -3.75. The van der Waals surface area contributed by atoms with Crippen molar-refractivity contribution in [3.8, 4) is 5.75 Å². The fourth-order valence-electron chi connectivity index (χ4n) is 3.01. The molecule has 0 bridgehead atoms. The lowest BCUT2D eigenvalue weighted by Crippen LogP contribution is -2.18. The molecule has 0 saturated carbocycles. The third-order valence-electron chi connectivity index (χ3n) is 4.51. The number of nitro groups is 1. The van der Waals surface area contributed by atoms with Gasteiger partial charge in [0.1, 0.15) is 5.69 Å². The van der Waals surface area contributed by atoms with E-state index in [1.165, 1.54) is 43.6 Å². The Balaban J connectivity index is 1.90. The summed E-state index contributed by atoms with van der Waals surface area (Å²) in [5, 5.41) is 11.6. The molecule has 2 aromatic carbocycles. The van der Waals surface area contributed by atoms with Crippen molar-refractivity contribution in [1.82, 2.24) is 9.55 Å². The van der Waals surface area contributed by atoms with Crippen LogP contribution < -0.4 is 9.64 Å². The minimum absolute atomic E-state index is 0.125. The quantitative estimate of drug-likeness (QED) is 0.344. The number of aryl methyl sites for hydroxylation is 1. The molecule has 1 heterocycles. The topological polar surface area (TPSA) is 90.5 Å². The van der Waals surface area contributed by atoms with E-state index in [-0.39, 0.29) is 29.4 Å². The van der Waals surface area contributed by atoms with Gasteiger partial charge in [0.2, 0.25) is 5.78 Å².